The van der Waals surface area contributed by atoms with Crippen molar-refractivity contribution < 1.29 is 30.9 Å². The molecule has 0 atom stereocenters. The van der Waals surface area contributed by atoms with E-state index >= 15 is 0 Å². The third kappa shape index (κ3) is 11.8. The van der Waals surface area contributed by atoms with Crippen LogP contribution in [0.4, 0.5) is 5.69 Å². The summed E-state index contributed by atoms with van der Waals surface area (Å²) in [5.74, 6) is 0.354. The van der Waals surface area contributed by atoms with Crippen molar-refractivity contribution in [3.05, 3.63) is 234 Å². The van der Waals surface area contributed by atoms with Crippen molar-refractivity contribution in [3.63, 3.8) is 0 Å². The Bertz CT molecular complexity index is 2400. The summed E-state index contributed by atoms with van der Waals surface area (Å²) >= 11 is 0. The number of hydrogen-bond acceptors (Lipinski definition) is 2. The van der Waals surface area contributed by atoms with Crippen molar-refractivity contribution >= 4 is 27.2 Å². The number of phenolic OH excluding ortho intramolecular Hbond substituents is 1. The summed E-state index contributed by atoms with van der Waals surface area (Å²) in [6.45, 7) is 18.9. The Hall–Kier alpha value is -5.55. The van der Waals surface area contributed by atoms with Gasteiger partial charge in [0.2, 0.25) is 0 Å². The average molecular weight is 925 g/mol. The summed E-state index contributed by atoms with van der Waals surface area (Å²) < 4.78 is 0. The molecule has 0 bridgehead atoms. The van der Waals surface area contributed by atoms with Crippen LogP contribution < -0.4 is 0 Å². The van der Waals surface area contributed by atoms with Crippen LogP contribution in [0.25, 0.3) is 38.0 Å². The molecule has 0 aliphatic rings. The van der Waals surface area contributed by atoms with Gasteiger partial charge in [0.25, 0.3) is 0 Å². The molecule has 0 heterocycles. The first-order valence-corrected chi connectivity index (χ1v) is 19.6. The van der Waals surface area contributed by atoms with Crippen LogP contribution in [0.2, 0.25) is 0 Å². The van der Waals surface area contributed by atoms with Crippen LogP contribution in [0, 0.1) is 41.5 Å². The van der Waals surface area contributed by atoms with E-state index in [9.17, 15) is 5.11 Å². The molecule has 0 unspecified atom stereocenters. The summed E-state index contributed by atoms with van der Waals surface area (Å²) in [5, 5.41) is 21.6. The molecule has 0 aliphatic heterocycles. The van der Waals surface area contributed by atoms with Crippen molar-refractivity contribution in [1.29, 1.82) is 0 Å². The number of aromatic hydroxyl groups is 1. The molecule has 0 aliphatic carbocycles. The molecule has 8 aromatic carbocycles. The Balaban J connectivity index is 0.000000359. The summed E-state index contributed by atoms with van der Waals surface area (Å²) in [6.07, 6.45) is 0. The molecule has 3 nitrogen and oxygen atoms in total. The van der Waals surface area contributed by atoms with Crippen LogP contribution in [0.15, 0.2) is 170 Å². The van der Waals surface area contributed by atoms with E-state index in [-0.39, 0.29) is 25.8 Å². The fourth-order valence-corrected chi connectivity index (χ4v) is 7.45. The number of nitrogens with zero attached hydrogens (tertiary/aromatic N) is 2. The summed E-state index contributed by atoms with van der Waals surface area (Å²) in [4.78, 5) is 2.40. The predicted octanol–water partition coefficient (Wildman–Crippen LogP) is 14.0. The quantitative estimate of drug-likeness (QED) is 0.0890. The number of rotatable bonds is 9. The summed E-state index contributed by atoms with van der Waals surface area (Å²) in [6, 6.07) is 58.2. The molecule has 0 saturated carbocycles. The van der Waals surface area contributed by atoms with Gasteiger partial charge in [0.05, 0.1) is 0 Å². The van der Waals surface area contributed by atoms with Crippen molar-refractivity contribution in [3.8, 4) is 16.9 Å². The molecule has 8 rings (SSSR count). The second kappa shape index (κ2) is 21.3. The minimum atomic E-state index is 0. The Labute approximate surface area is 365 Å². The zero-order valence-corrected chi connectivity index (χ0v) is 37.8. The maximum atomic E-state index is 12.0. The molecule has 1 N–H and O–H groups in total. The first-order chi connectivity index (χ1) is 27.7. The van der Waals surface area contributed by atoms with Gasteiger partial charge in [0.1, 0.15) is 5.75 Å². The van der Waals surface area contributed by atoms with E-state index in [0.717, 1.165) is 62.9 Å². The largest absolute Gasteiger partial charge is 0.683 e. The van der Waals surface area contributed by atoms with Crippen molar-refractivity contribution in [2.75, 3.05) is 13.1 Å². The molecule has 0 fully saturated rings. The Morgan fingerprint density at radius 3 is 1.50 bits per heavy atom. The van der Waals surface area contributed by atoms with Gasteiger partial charge < -0.3 is 10.4 Å². The van der Waals surface area contributed by atoms with Crippen molar-refractivity contribution in [2.45, 2.75) is 40.8 Å². The smallest absolute Gasteiger partial charge is 0.127 e. The number of fused-ring (bicyclic) bond motifs is 2. The molecule has 4 heteroatoms. The second-order valence-electron chi connectivity index (χ2n) is 14.8. The maximum Gasteiger partial charge on any atom is 0.127 e. The van der Waals surface area contributed by atoms with E-state index in [2.05, 4.69) is 156 Å². The number of phenols is 1. The van der Waals surface area contributed by atoms with Gasteiger partial charge in [-0.05, 0) is 79.0 Å². The number of benzene rings is 8. The van der Waals surface area contributed by atoms with Crippen LogP contribution in [0.3, 0.4) is 0 Å². The van der Waals surface area contributed by atoms with Crippen molar-refractivity contribution in [2.24, 2.45) is 0 Å². The third-order valence-corrected chi connectivity index (χ3v) is 10.0. The molecule has 0 spiro atoms. The molecule has 0 amide bonds. The molecule has 0 saturated heterocycles. The van der Waals surface area contributed by atoms with E-state index in [1.165, 1.54) is 33.0 Å². The summed E-state index contributed by atoms with van der Waals surface area (Å²) in [7, 11) is 0. The predicted molar refractivity (Wildman–Crippen MR) is 244 cm³/mol. The number of aryl methyl sites for hydroxylation is 4. The van der Waals surface area contributed by atoms with Gasteiger partial charge in [-0.3, -0.25) is 4.90 Å². The fraction of sp³-hybridized carbons (Fsp3) is 0.148. The van der Waals surface area contributed by atoms with E-state index in [0.29, 0.717) is 18.8 Å². The van der Waals surface area contributed by atoms with Crippen LogP contribution in [0.1, 0.15) is 44.5 Å². The zero-order valence-electron chi connectivity index (χ0n) is 34.3. The van der Waals surface area contributed by atoms with Gasteiger partial charge >= 0.3 is 0 Å². The molecular formula is C54H53HfN2O-3. The molecule has 0 aromatic heterocycles. The molecule has 8 aromatic rings. The van der Waals surface area contributed by atoms with E-state index in [4.69, 9.17) is 5.32 Å². The fourth-order valence-electron chi connectivity index (χ4n) is 7.45. The van der Waals surface area contributed by atoms with E-state index in [1.807, 2.05) is 60.7 Å². The van der Waals surface area contributed by atoms with Gasteiger partial charge in [0, 0.05) is 55.6 Å². The van der Waals surface area contributed by atoms with Gasteiger partial charge in [-0.2, -0.15) is 49.2 Å². The minimum Gasteiger partial charge on any atom is -0.683 e. The van der Waals surface area contributed by atoms with Gasteiger partial charge in [-0.1, -0.05) is 126 Å². The topological polar surface area (TPSA) is 37.6 Å². The maximum absolute atomic E-state index is 12.0. The van der Waals surface area contributed by atoms with Gasteiger partial charge in [-0.15, -0.1) is 36.5 Å². The van der Waals surface area contributed by atoms with Crippen LogP contribution in [-0.2, 0) is 38.9 Å². The summed E-state index contributed by atoms with van der Waals surface area (Å²) in [5.41, 5.74) is 12.2. The van der Waals surface area contributed by atoms with Crippen LogP contribution in [-0.4, -0.2) is 23.1 Å². The van der Waals surface area contributed by atoms with Crippen LogP contribution in [0.5, 0.6) is 5.75 Å². The van der Waals surface area contributed by atoms with Crippen molar-refractivity contribution in [1.82, 2.24) is 4.90 Å². The van der Waals surface area contributed by atoms with Gasteiger partial charge in [-0.25, -0.2) is 0 Å². The first kappa shape index (κ1) is 43.6. The zero-order chi connectivity index (χ0) is 40.1. The molecular weight excluding hydrogens is 871 g/mol. The Morgan fingerprint density at radius 2 is 1.00 bits per heavy atom. The molecule has 0 radical (unpaired) electrons. The third-order valence-electron chi connectivity index (χ3n) is 10.0. The Kier molecular flexibility index (Phi) is 16.0. The number of hydrogen-bond donors (Lipinski definition) is 1. The van der Waals surface area contributed by atoms with E-state index < -0.39 is 0 Å². The first-order valence-electron chi connectivity index (χ1n) is 19.6. The van der Waals surface area contributed by atoms with Crippen LogP contribution >= 0.6 is 0 Å². The molecule has 58 heavy (non-hydrogen) atoms. The van der Waals surface area contributed by atoms with E-state index in [1.54, 1.807) is 0 Å². The minimum absolute atomic E-state index is 0. The Morgan fingerprint density at radius 1 is 0.534 bits per heavy atom. The monoisotopic (exact) mass is 925 g/mol. The second-order valence-corrected chi connectivity index (χ2v) is 14.8. The SMILES string of the molecule is Cc1cc(C)c([N-]CCN(Cc2ccccc2)Cc2cc(C)cc(-c3c4ccccc4cc4ccccc34)c2O)c(C)c1.[CH2-]c1ccccc1.[CH2-]c1ccccc1.[Hf]. The van der Waals surface area contributed by atoms with Gasteiger partial charge in [0.15, 0.2) is 0 Å². The average Bonchev–Trinajstić information content (AvgIpc) is 3.20. The normalized spacial score (nSPS) is 10.6. The molecule has 292 valence electrons. The standard InChI is InChI=1S/C40H39N2O.2C7H7.Hf/c1-27-20-29(3)39(30(4)21-27)41-18-19-42(25-31-12-6-5-7-13-31)26-34-22-28(2)23-37(40(34)43)38-35-16-10-8-14-32(35)24-33-15-9-11-17-36(33)38;2*1-7-5-3-2-4-6-7;/h5-17,20-24,43H,18-19,25-26H2,1-4H3;2*2-6H,1H2;/q3*-1;.